The Kier molecular flexibility index (Phi) is 6.39. The van der Waals surface area contributed by atoms with Crippen LogP contribution in [0.15, 0.2) is 34.6 Å². The third-order valence-electron chi connectivity index (χ3n) is 1.97. The first-order valence-corrected chi connectivity index (χ1v) is 7.17. The second kappa shape index (κ2) is 6.24. The zero-order valence-electron chi connectivity index (χ0n) is 10.8. The van der Waals surface area contributed by atoms with Crippen molar-refractivity contribution in [3.8, 4) is 0 Å². The summed E-state index contributed by atoms with van der Waals surface area (Å²) >= 11 is 0. The van der Waals surface area contributed by atoms with Crippen LogP contribution in [0, 0.1) is 0 Å². The minimum absolute atomic E-state index is 0. The van der Waals surface area contributed by atoms with Crippen LogP contribution in [0.2, 0.25) is 0 Å². The summed E-state index contributed by atoms with van der Waals surface area (Å²) in [4.78, 5) is -1.74. The Morgan fingerprint density at radius 1 is 1.17 bits per heavy atom. The molecule has 0 atom stereocenters. The molecular formula is C9H11KO6S2. The van der Waals surface area contributed by atoms with E-state index in [1.54, 1.807) is 0 Å². The summed E-state index contributed by atoms with van der Waals surface area (Å²) in [5.41, 5.74) is 0.172. The molecule has 0 spiro atoms. The van der Waals surface area contributed by atoms with E-state index in [0.717, 1.165) is 6.07 Å². The summed E-state index contributed by atoms with van der Waals surface area (Å²) in [5.74, 6) is 0. The molecule has 0 radical (unpaired) electrons. The summed E-state index contributed by atoms with van der Waals surface area (Å²) in [6.07, 6.45) is 0. The van der Waals surface area contributed by atoms with Gasteiger partial charge >= 0.3 is 51.4 Å². The minimum Gasteiger partial charge on any atom is -1.00 e. The standard InChI is InChI=1S/C9H10O6S2.K.H/c1-6(2)7-4-3-5-8(16(10,11)12)9(7)17(13,14)15;;/h3-5H,1H2,2H3,(H,10,11,12)(H,13,14,15);;/q;+1;-1. The maximum Gasteiger partial charge on any atom is 1.00 e. The predicted octanol–water partition coefficient (Wildman–Crippen LogP) is -1.67. The molecule has 0 heterocycles. The van der Waals surface area contributed by atoms with Crippen LogP contribution in [0.4, 0.5) is 0 Å². The number of benzene rings is 1. The van der Waals surface area contributed by atoms with Crippen molar-refractivity contribution in [2.24, 2.45) is 0 Å². The molecule has 0 amide bonds. The molecule has 1 rings (SSSR count). The van der Waals surface area contributed by atoms with Crippen molar-refractivity contribution >= 4 is 25.8 Å². The van der Waals surface area contributed by atoms with Crippen molar-refractivity contribution in [3.63, 3.8) is 0 Å². The van der Waals surface area contributed by atoms with Gasteiger partial charge in [0.2, 0.25) is 0 Å². The topological polar surface area (TPSA) is 109 Å². The van der Waals surface area contributed by atoms with Gasteiger partial charge in [0.15, 0.2) is 0 Å². The average molecular weight is 318 g/mol. The van der Waals surface area contributed by atoms with E-state index >= 15 is 0 Å². The zero-order valence-corrected chi connectivity index (χ0v) is 14.5. The van der Waals surface area contributed by atoms with E-state index in [9.17, 15) is 16.8 Å². The van der Waals surface area contributed by atoms with Gasteiger partial charge in [-0.3, -0.25) is 9.11 Å². The van der Waals surface area contributed by atoms with Crippen LogP contribution >= 0.6 is 0 Å². The molecule has 0 aliphatic heterocycles. The molecule has 0 bridgehead atoms. The number of allylic oxidation sites excluding steroid dienone is 1. The first-order chi connectivity index (χ1) is 7.55. The van der Waals surface area contributed by atoms with E-state index in [-0.39, 0.29) is 63.9 Å². The molecule has 96 valence electrons. The maximum atomic E-state index is 11.2. The molecule has 0 aliphatic rings. The van der Waals surface area contributed by atoms with Crippen LogP contribution in [0.25, 0.3) is 5.57 Å². The first-order valence-electron chi connectivity index (χ1n) is 4.29. The fraction of sp³-hybridized carbons (Fsp3) is 0.111. The van der Waals surface area contributed by atoms with Crippen LogP contribution in [-0.4, -0.2) is 25.9 Å². The van der Waals surface area contributed by atoms with Gasteiger partial charge < -0.3 is 1.43 Å². The zero-order chi connectivity index (χ0) is 13.4. The Morgan fingerprint density at radius 2 is 1.67 bits per heavy atom. The molecule has 0 aliphatic carbocycles. The van der Waals surface area contributed by atoms with E-state index in [1.807, 2.05) is 0 Å². The molecule has 18 heavy (non-hydrogen) atoms. The summed E-state index contributed by atoms with van der Waals surface area (Å²) in [6, 6.07) is 3.40. The second-order valence-electron chi connectivity index (χ2n) is 3.36. The van der Waals surface area contributed by atoms with Gasteiger partial charge in [-0.1, -0.05) is 18.7 Å². The molecule has 0 aromatic heterocycles. The molecule has 1 aromatic rings. The van der Waals surface area contributed by atoms with Gasteiger partial charge in [0.05, 0.1) is 0 Å². The van der Waals surface area contributed by atoms with E-state index in [2.05, 4.69) is 6.58 Å². The summed E-state index contributed by atoms with van der Waals surface area (Å²) in [7, 11) is -9.55. The van der Waals surface area contributed by atoms with Crippen molar-refractivity contribution in [1.29, 1.82) is 0 Å². The van der Waals surface area contributed by atoms with E-state index in [4.69, 9.17) is 9.11 Å². The van der Waals surface area contributed by atoms with Crippen molar-refractivity contribution < 1.29 is 78.8 Å². The first kappa shape index (κ1) is 18.4. The van der Waals surface area contributed by atoms with Crippen molar-refractivity contribution in [3.05, 3.63) is 30.3 Å². The average Bonchev–Trinajstić information content (AvgIpc) is 2.13. The molecule has 0 unspecified atom stereocenters. The third kappa shape index (κ3) is 4.22. The van der Waals surface area contributed by atoms with Gasteiger partial charge in [0, 0.05) is 0 Å². The smallest absolute Gasteiger partial charge is 1.00 e. The van der Waals surface area contributed by atoms with Crippen molar-refractivity contribution in [1.82, 2.24) is 0 Å². The SMILES string of the molecule is C=C(C)c1cccc(S(=O)(=O)O)c1S(=O)(=O)O.[H-].[K+]. The minimum atomic E-state index is -4.79. The number of rotatable bonds is 3. The third-order valence-corrected chi connectivity index (χ3v) is 3.96. The molecule has 9 heteroatoms. The van der Waals surface area contributed by atoms with Gasteiger partial charge in [0.1, 0.15) is 9.79 Å². The second-order valence-corrected chi connectivity index (χ2v) is 6.11. The van der Waals surface area contributed by atoms with E-state index < -0.39 is 30.0 Å². The summed E-state index contributed by atoms with van der Waals surface area (Å²) in [6.45, 7) is 4.91. The fourth-order valence-corrected chi connectivity index (χ4v) is 3.39. The summed E-state index contributed by atoms with van der Waals surface area (Å²) < 4.78 is 62.3. The monoisotopic (exact) mass is 318 g/mol. The summed E-state index contributed by atoms with van der Waals surface area (Å²) in [5, 5.41) is 0. The largest absolute Gasteiger partial charge is 1.00 e. The van der Waals surface area contributed by atoms with Crippen LogP contribution < -0.4 is 51.4 Å². The van der Waals surface area contributed by atoms with Crippen molar-refractivity contribution in [2.75, 3.05) is 0 Å². The van der Waals surface area contributed by atoms with Crippen LogP contribution in [-0.2, 0) is 20.2 Å². The van der Waals surface area contributed by atoms with Gasteiger partial charge in [0.25, 0.3) is 20.2 Å². The molecular weight excluding hydrogens is 307 g/mol. The Hall–Kier alpha value is 0.416. The van der Waals surface area contributed by atoms with Crippen LogP contribution in [0.3, 0.4) is 0 Å². The van der Waals surface area contributed by atoms with E-state index in [0.29, 0.717) is 0 Å². The quantitative estimate of drug-likeness (QED) is 0.509. The normalized spacial score (nSPS) is 11.7. The molecule has 0 saturated heterocycles. The predicted molar refractivity (Wildman–Crippen MR) is 61.9 cm³/mol. The number of hydrogen-bond donors (Lipinski definition) is 2. The molecule has 2 N–H and O–H groups in total. The maximum absolute atomic E-state index is 11.2. The Balaban J connectivity index is 0. The number of hydrogen-bond acceptors (Lipinski definition) is 4. The van der Waals surface area contributed by atoms with Gasteiger partial charge in [-0.15, -0.1) is 0 Å². The molecule has 0 fully saturated rings. The molecule has 0 saturated carbocycles. The van der Waals surface area contributed by atoms with Gasteiger partial charge in [-0.05, 0) is 24.1 Å². The Bertz CT molecular complexity index is 681. The van der Waals surface area contributed by atoms with Crippen molar-refractivity contribution in [2.45, 2.75) is 16.7 Å². The molecule has 1 aromatic carbocycles. The van der Waals surface area contributed by atoms with Crippen LogP contribution in [0.5, 0.6) is 0 Å². The van der Waals surface area contributed by atoms with Crippen LogP contribution in [0.1, 0.15) is 13.9 Å². The van der Waals surface area contributed by atoms with Gasteiger partial charge in [-0.2, -0.15) is 16.8 Å². The van der Waals surface area contributed by atoms with Gasteiger partial charge in [-0.25, -0.2) is 0 Å². The fourth-order valence-electron chi connectivity index (χ4n) is 1.32. The Morgan fingerprint density at radius 3 is 2.00 bits per heavy atom. The Labute approximate surface area is 150 Å². The molecule has 6 nitrogen and oxygen atoms in total. The van der Waals surface area contributed by atoms with E-state index in [1.165, 1.54) is 19.1 Å².